The third-order valence-electron chi connectivity index (χ3n) is 1.72. The molecule has 0 fully saturated rings. The smallest absolute Gasteiger partial charge is 0.852 e. The van der Waals surface area contributed by atoms with E-state index in [1.807, 2.05) is 20.8 Å². The van der Waals surface area contributed by atoms with Gasteiger partial charge in [-0.15, -0.1) is 18.3 Å². The van der Waals surface area contributed by atoms with Gasteiger partial charge < -0.3 is 15.3 Å². The van der Waals surface area contributed by atoms with E-state index < -0.39 is 0 Å². The van der Waals surface area contributed by atoms with Gasteiger partial charge in [-0.3, -0.25) is 0 Å². The minimum absolute atomic E-state index is 0. The molecule has 96 valence electrons. The van der Waals surface area contributed by atoms with E-state index in [-0.39, 0.29) is 44.2 Å². The average molecular weight is 334 g/mol. The van der Waals surface area contributed by atoms with E-state index in [0.29, 0.717) is 0 Å². The quantitative estimate of drug-likeness (QED) is 0.733. The molecule has 0 bridgehead atoms. The molecular formula is C12H27InO3. The molecule has 0 spiro atoms. The molecule has 0 amide bonds. The van der Waals surface area contributed by atoms with E-state index in [1.165, 1.54) is 0 Å². The summed E-state index contributed by atoms with van der Waals surface area (Å²) >= 11 is 0. The minimum atomic E-state index is -0.366. The van der Waals surface area contributed by atoms with Gasteiger partial charge >= 0.3 is 25.8 Å². The summed E-state index contributed by atoms with van der Waals surface area (Å²) in [4.78, 5) is 0. The molecule has 0 aromatic carbocycles. The summed E-state index contributed by atoms with van der Waals surface area (Å²) in [7, 11) is 0. The van der Waals surface area contributed by atoms with Gasteiger partial charge in [0.2, 0.25) is 0 Å². The molecule has 0 saturated carbocycles. The van der Waals surface area contributed by atoms with Crippen molar-refractivity contribution in [3.8, 4) is 0 Å². The minimum Gasteiger partial charge on any atom is -0.852 e. The van der Waals surface area contributed by atoms with Crippen LogP contribution in [-0.4, -0.2) is 44.2 Å². The number of hydrogen-bond acceptors (Lipinski definition) is 3. The fourth-order valence-electron chi connectivity index (χ4n) is 0. The first kappa shape index (κ1) is 25.6. The second-order valence-corrected chi connectivity index (χ2v) is 3.66. The van der Waals surface area contributed by atoms with Crippen molar-refractivity contribution in [3.05, 3.63) is 0 Å². The number of rotatable bonds is 3. The van der Waals surface area contributed by atoms with Gasteiger partial charge in [0.1, 0.15) is 0 Å². The summed E-state index contributed by atoms with van der Waals surface area (Å²) in [6, 6.07) is 0. The first-order chi connectivity index (χ1) is 6.81. The molecule has 0 aromatic heterocycles. The second-order valence-electron chi connectivity index (χ2n) is 3.66. The Bertz CT molecular complexity index is 77.2. The largest absolute Gasteiger partial charge is 3.00 e. The van der Waals surface area contributed by atoms with Crippen molar-refractivity contribution in [3.63, 3.8) is 0 Å². The fourth-order valence-corrected chi connectivity index (χ4v) is 0. The summed E-state index contributed by atoms with van der Waals surface area (Å²) in [6.45, 7) is 10.7. The van der Waals surface area contributed by atoms with E-state index in [1.54, 1.807) is 20.8 Å². The molecule has 0 rings (SSSR count). The Hall–Kier alpha value is 0.750. The molecule has 4 heteroatoms. The molecule has 3 atom stereocenters. The van der Waals surface area contributed by atoms with Crippen molar-refractivity contribution in [2.75, 3.05) is 0 Å². The van der Waals surface area contributed by atoms with Gasteiger partial charge in [-0.05, 0) is 0 Å². The van der Waals surface area contributed by atoms with Crippen LogP contribution in [0.15, 0.2) is 0 Å². The van der Waals surface area contributed by atoms with Gasteiger partial charge in [-0.25, -0.2) is 0 Å². The van der Waals surface area contributed by atoms with Crippen LogP contribution in [0.1, 0.15) is 60.8 Å². The average Bonchev–Trinajstić information content (AvgIpc) is 2.19. The van der Waals surface area contributed by atoms with Crippen molar-refractivity contribution in [1.82, 2.24) is 0 Å². The van der Waals surface area contributed by atoms with Gasteiger partial charge in [-0.2, -0.15) is 0 Å². The monoisotopic (exact) mass is 334 g/mol. The topological polar surface area (TPSA) is 69.2 Å². The molecule has 0 saturated heterocycles. The third kappa shape index (κ3) is 61.2. The molecule has 0 aliphatic rings. The van der Waals surface area contributed by atoms with Crippen LogP contribution in [0, 0.1) is 0 Å². The summed E-state index contributed by atoms with van der Waals surface area (Å²) in [5, 5.41) is 29.7. The van der Waals surface area contributed by atoms with E-state index in [0.717, 1.165) is 19.3 Å². The second kappa shape index (κ2) is 21.1. The van der Waals surface area contributed by atoms with Crippen LogP contribution in [0.3, 0.4) is 0 Å². The zero-order chi connectivity index (χ0) is 12.9. The first-order valence-corrected chi connectivity index (χ1v) is 5.79. The van der Waals surface area contributed by atoms with Crippen LogP contribution in [-0.2, 0) is 0 Å². The van der Waals surface area contributed by atoms with Crippen LogP contribution in [0.25, 0.3) is 0 Å². The molecule has 0 radical (unpaired) electrons. The van der Waals surface area contributed by atoms with Crippen molar-refractivity contribution in [2.24, 2.45) is 0 Å². The summed E-state index contributed by atoms with van der Waals surface area (Å²) in [5.74, 6) is 0. The maximum Gasteiger partial charge on any atom is 3.00 e. The van der Waals surface area contributed by atoms with Gasteiger partial charge in [-0.1, -0.05) is 60.8 Å². The zero-order valence-electron chi connectivity index (χ0n) is 11.7. The van der Waals surface area contributed by atoms with Crippen molar-refractivity contribution < 1.29 is 15.3 Å². The van der Waals surface area contributed by atoms with Crippen LogP contribution in [0.4, 0.5) is 0 Å². The van der Waals surface area contributed by atoms with Crippen molar-refractivity contribution in [2.45, 2.75) is 79.1 Å². The van der Waals surface area contributed by atoms with Crippen molar-refractivity contribution in [1.29, 1.82) is 0 Å². The first-order valence-electron chi connectivity index (χ1n) is 5.79. The Morgan fingerprint density at radius 1 is 0.625 bits per heavy atom. The van der Waals surface area contributed by atoms with Crippen LogP contribution >= 0.6 is 0 Å². The van der Waals surface area contributed by atoms with E-state index >= 15 is 0 Å². The Kier molecular flexibility index (Phi) is 33.7. The summed E-state index contributed by atoms with van der Waals surface area (Å²) < 4.78 is 0. The van der Waals surface area contributed by atoms with Crippen molar-refractivity contribution >= 4 is 25.8 Å². The van der Waals surface area contributed by atoms with Crippen LogP contribution in [0.5, 0.6) is 0 Å². The molecule has 0 N–H and O–H groups in total. The molecule has 0 aromatic rings. The molecule has 0 aliphatic carbocycles. The van der Waals surface area contributed by atoms with E-state index in [9.17, 15) is 15.3 Å². The molecule has 3 nitrogen and oxygen atoms in total. The predicted molar refractivity (Wildman–Crippen MR) is 65.0 cm³/mol. The molecule has 16 heavy (non-hydrogen) atoms. The third-order valence-corrected chi connectivity index (χ3v) is 1.72. The maximum atomic E-state index is 9.90. The zero-order valence-corrected chi connectivity index (χ0v) is 15.0. The Morgan fingerprint density at radius 2 is 0.688 bits per heavy atom. The van der Waals surface area contributed by atoms with Gasteiger partial charge in [0, 0.05) is 0 Å². The maximum absolute atomic E-state index is 9.90. The van der Waals surface area contributed by atoms with Crippen LogP contribution in [0.2, 0.25) is 0 Å². The van der Waals surface area contributed by atoms with E-state index in [2.05, 4.69) is 0 Å². The van der Waals surface area contributed by atoms with Gasteiger partial charge in [0.25, 0.3) is 0 Å². The Balaban J connectivity index is -0.0000000655. The SMILES string of the molecule is CCC(C)[O-].CCC(C)[O-].CCC(C)[O-].[In+3]. The summed E-state index contributed by atoms with van der Waals surface area (Å²) in [6.07, 6.45) is 1.15. The Labute approximate surface area is 120 Å². The normalized spacial score (nSPS) is 14.1. The van der Waals surface area contributed by atoms with Crippen LogP contribution < -0.4 is 15.3 Å². The molecule has 3 unspecified atom stereocenters. The standard InChI is InChI=1S/3C4H9O.In/c3*1-3-4(2)5;/h3*4H,3H2,1-2H3;/q3*-1;+3. The predicted octanol–water partition coefficient (Wildman–Crippen LogP) is 0.0548. The Morgan fingerprint density at radius 3 is 0.688 bits per heavy atom. The van der Waals surface area contributed by atoms with E-state index in [4.69, 9.17) is 0 Å². The fraction of sp³-hybridized carbons (Fsp3) is 1.00. The molecule has 0 aliphatic heterocycles. The van der Waals surface area contributed by atoms with Gasteiger partial charge in [0.15, 0.2) is 0 Å². The number of hydrogen-bond donors (Lipinski definition) is 0. The molecule has 0 heterocycles. The van der Waals surface area contributed by atoms with Gasteiger partial charge in [0.05, 0.1) is 0 Å². The molecular weight excluding hydrogens is 307 g/mol. The summed E-state index contributed by atoms with van der Waals surface area (Å²) in [5.41, 5.74) is 0.